The van der Waals surface area contributed by atoms with Gasteiger partial charge in [0.1, 0.15) is 0 Å². The topological polar surface area (TPSA) is 59.2 Å². The lowest BCUT2D eigenvalue weighted by atomic mass is 10.1. The standard InChI is InChI=1S/C13H23N3O2S/c1-3-4-5-12-14-13(18-15-12)10-16(2)11-6-8-19(17)9-7-11/h11H,3-10H2,1-2H3. The summed E-state index contributed by atoms with van der Waals surface area (Å²) in [5.74, 6) is 3.15. The third-order valence-electron chi connectivity index (χ3n) is 3.63. The molecule has 1 aliphatic heterocycles. The normalized spacial score (nSPS) is 23.9. The Balaban J connectivity index is 1.82. The van der Waals surface area contributed by atoms with E-state index in [1.165, 1.54) is 0 Å². The van der Waals surface area contributed by atoms with Crippen molar-refractivity contribution in [1.29, 1.82) is 0 Å². The molecule has 0 unspecified atom stereocenters. The number of aryl methyl sites for hydroxylation is 1. The molecular formula is C13H23N3O2S. The van der Waals surface area contributed by atoms with Crippen LogP contribution in [0.1, 0.15) is 44.3 Å². The van der Waals surface area contributed by atoms with Crippen LogP contribution in [0.3, 0.4) is 0 Å². The first-order valence-corrected chi connectivity index (χ1v) is 8.54. The zero-order valence-corrected chi connectivity index (χ0v) is 12.6. The van der Waals surface area contributed by atoms with Crippen LogP contribution in [0.4, 0.5) is 0 Å². The smallest absolute Gasteiger partial charge is 0.240 e. The second-order valence-corrected chi connectivity index (χ2v) is 6.90. The second kappa shape index (κ2) is 7.14. The van der Waals surface area contributed by atoms with E-state index in [0.29, 0.717) is 18.5 Å². The van der Waals surface area contributed by atoms with Gasteiger partial charge in [0.05, 0.1) is 6.54 Å². The van der Waals surface area contributed by atoms with E-state index >= 15 is 0 Å². The van der Waals surface area contributed by atoms with Crippen LogP contribution in [-0.2, 0) is 23.8 Å². The van der Waals surface area contributed by atoms with Crippen LogP contribution in [0.15, 0.2) is 4.52 Å². The van der Waals surface area contributed by atoms with E-state index in [9.17, 15) is 4.21 Å². The van der Waals surface area contributed by atoms with Gasteiger partial charge in [0.25, 0.3) is 0 Å². The highest BCUT2D eigenvalue weighted by atomic mass is 32.2. The molecule has 19 heavy (non-hydrogen) atoms. The van der Waals surface area contributed by atoms with E-state index in [-0.39, 0.29) is 0 Å². The van der Waals surface area contributed by atoms with Gasteiger partial charge in [0, 0.05) is 34.8 Å². The number of rotatable bonds is 6. The van der Waals surface area contributed by atoms with Crippen LogP contribution in [0.5, 0.6) is 0 Å². The first-order chi connectivity index (χ1) is 9.19. The minimum absolute atomic E-state index is 0.490. The van der Waals surface area contributed by atoms with Crippen LogP contribution in [-0.4, -0.2) is 43.8 Å². The zero-order chi connectivity index (χ0) is 13.7. The van der Waals surface area contributed by atoms with E-state index in [1.807, 2.05) is 0 Å². The average Bonchev–Trinajstić information content (AvgIpc) is 2.84. The Morgan fingerprint density at radius 1 is 1.42 bits per heavy atom. The zero-order valence-electron chi connectivity index (χ0n) is 11.8. The molecule has 108 valence electrons. The van der Waals surface area contributed by atoms with Crippen molar-refractivity contribution < 1.29 is 8.73 Å². The number of hydrogen-bond donors (Lipinski definition) is 0. The molecule has 0 N–H and O–H groups in total. The molecule has 1 aromatic rings. The van der Waals surface area contributed by atoms with Gasteiger partial charge in [-0.25, -0.2) is 0 Å². The Kier molecular flexibility index (Phi) is 5.51. The van der Waals surface area contributed by atoms with Crippen LogP contribution in [0, 0.1) is 0 Å². The SMILES string of the molecule is CCCCc1noc(CN(C)C2CCS(=O)CC2)n1. The van der Waals surface area contributed by atoms with Gasteiger partial charge in [0.2, 0.25) is 5.89 Å². The van der Waals surface area contributed by atoms with Gasteiger partial charge in [-0.3, -0.25) is 9.11 Å². The molecule has 1 aromatic heterocycles. The van der Waals surface area contributed by atoms with Crippen molar-refractivity contribution in [3.05, 3.63) is 11.7 Å². The first-order valence-electron chi connectivity index (χ1n) is 7.05. The minimum Gasteiger partial charge on any atom is -0.338 e. The third kappa shape index (κ3) is 4.38. The van der Waals surface area contributed by atoms with Crippen molar-refractivity contribution in [2.24, 2.45) is 0 Å². The van der Waals surface area contributed by atoms with Crippen LogP contribution < -0.4 is 0 Å². The predicted molar refractivity (Wildman–Crippen MR) is 75.3 cm³/mol. The van der Waals surface area contributed by atoms with Gasteiger partial charge in [-0.05, 0) is 26.3 Å². The summed E-state index contributed by atoms with van der Waals surface area (Å²) in [5.41, 5.74) is 0. The predicted octanol–water partition coefficient (Wildman–Crippen LogP) is 1.76. The highest BCUT2D eigenvalue weighted by molar-refractivity contribution is 7.85. The molecule has 0 atom stereocenters. The third-order valence-corrected chi connectivity index (χ3v) is 5.01. The van der Waals surface area contributed by atoms with Crippen molar-refractivity contribution in [2.75, 3.05) is 18.6 Å². The maximum atomic E-state index is 11.3. The molecule has 0 bridgehead atoms. The van der Waals surface area contributed by atoms with Crippen molar-refractivity contribution in [3.63, 3.8) is 0 Å². The van der Waals surface area contributed by atoms with Crippen molar-refractivity contribution >= 4 is 10.8 Å². The molecule has 0 amide bonds. The summed E-state index contributed by atoms with van der Waals surface area (Å²) >= 11 is 0. The molecule has 0 aliphatic carbocycles. The van der Waals surface area contributed by atoms with E-state index in [4.69, 9.17) is 4.52 Å². The van der Waals surface area contributed by atoms with Crippen LogP contribution in [0.2, 0.25) is 0 Å². The molecule has 2 heterocycles. The lowest BCUT2D eigenvalue weighted by Gasteiger charge is -2.29. The second-order valence-electron chi connectivity index (χ2n) is 5.20. The fourth-order valence-electron chi connectivity index (χ4n) is 2.36. The summed E-state index contributed by atoms with van der Waals surface area (Å²) in [6.45, 7) is 2.85. The van der Waals surface area contributed by atoms with Gasteiger partial charge in [-0.1, -0.05) is 18.5 Å². The lowest BCUT2D eigenvalue weighted by Crippen LogP contribution is -2.37. The highest BCUT2D eigenvalue weighted by Gasteiger charge is 2.22. The molecule has 1 fully saturated rings. The minimum atomic E-state index is -0.602. The average molecular weight is 285 g/mol. The summed E-state index contributed by atoms with van der Waals surface area (Å²) < 4.78 is 16.6. The van der Waals surface area contributed by atoms with E-state index in [2.05, 4.69) is 29.0 Å². The monoisotopic (exact) mass is 285 g/mol. The molecule has 2 rings (SSSR count). The molecule has 5 nitrogen and oxygen atoms in total. The molecule has 0 radical (unpaired) electrons. The maximum absolute atomic E-state index is 11.3. The Labute approximate surface area is 117 Å². The van der Waals surface area contributed by atoms with Crippen LogP contribution >= 0.6 is 0 Å². The summed E-state index contributed by atoms with van der Waals surface area (Å²) in [4.78, 5) is 6.66. The Bertz CT molecular complexity index is 412. The lowest BCUT2D eigenvalue weighted by molar-refractivity contribution is 0.192. The number of unbranched alkanes of at least 4 members (excludes halogenated alkanes) is 1. The van der Waals surface area contributed by atoms with Crippen molar-refractivity contribution in [1.82, 2.24) is 15.0 Å². The molecular weight excluding hydrogens is 262 g/mol. The number of hydrogen-bond acceptors (Lipinski definition) is 5. The van der Waals surface area contributed by atoms with Crippen molar-refractivity contribution in [2.45, 2.75) is 51.6 Å². The largest absolute Gasteiger partial charge is 0.338 e. The molecule has 6 heteroatoms. The summed E-state index contributed by atoms with van der Waals surface area (Å²) in [6, 6.07) is 0.490. The van der Waals surface area contributed by atoms with Gasteiger partial charge < -0.3 is 4.52 Å². The molecule has 1 aliphatic rings. The van der Waals surface area contributed by atoms with Gasteiger partial charge in [-0.15, -0.1) is 0 Å². The van der Waals surface area contributed by atoms with Crippen molar-refractivity contribution in [3.8, 4) is 0 Å². The fraction of sp³-hybridized carbons (Fsp3) is 0.846. The van der Waals surface area contributed by atoms with Gasteiger partial charge in [0.15, 0.2) is 5.82 Å². The van der Waals surface area contributed by atoms with Gasteiger partial charge in [-0.2, -0.15) is 4.98 Å². The Morgan fingerprint density at radius 3 is 2.84 bits per heavy atom. The van der Waals surface area contributed by atoms with E-state index in [0.717, 1.165) is 49.4 Å². The fourth-order valence-corrected chi connectivity index (χ4v) is 3.63. The Hall–Kier alpha value is -0.750. The first kappa shape index (κ1) is 14.7. The van der Waals surface area contributed by atoms with Crippen LogP contribution in [0.25, 0.3) is 0 Å². The summed E-state index contributed by atoms with van der Waals surface area (Å²) in [5, 5.41) is 4.00. The molecule has 0 aromatic carbocycles. The Morgan fingerprint density at radius 2 is 2.16 bits per heavy atom. The quantitative estimate of drug-likeness (QED) is 0.797. The highest BCUT2D eigenvalue weighted by Crippen LogP contribution is 2.16. The maximum Gasteiger partial charge on any atom is 0.240 e. The summed E-state index contributed by atoms with van der Waals surface area (Å²) in [7, 11) is 1.48. The molecule has 1 saturated heterocycles. The molecule has 0 spiro atoms. The molecule has 0 saturated carbocycles. The number of aromatic nitrogens is 2. The van der Waals surface area contributed by atoms with Gasteiger partial charge >= 0.3 is 0 Å². The van der Waals surface area contributed by atoms with E-state index in [1.54, 1.807) is 0 Å². The number of nitrogens with zero attached hydrogens (tertiary/aromatic N) is 3. The summed E-state index contributed by atoms with van der Waals surface area (Å²) in [6.07, 6.45) is 5.14. The van der Waals surface area contributed by atoms with E-state index < -0.39 is 10.8 Å².